The molecule has 0 fully saturated rings. The Balaban J connectivity index is 0.000000640. The van der Waals surface area contributed by atoms with Gasteiger partial charge >= 0.3 is 29.6 Å². The van der Waals surface area contributed by atoms with Gasteiger partial charge in [-0.1, -0.05) is 29.8 Å². The Morgan fingerprint density at radius 3 is 2.11 bits per heavy atom. The van der Waals surface area contributed by atoms with E-state index in [1.54, 1.807) is 0 Å². The van der Waals surface area contributed by atoms with E-state index < -0.39 is 0 Å². The summed E-state index contributed by atoms with van der Waals surface area (Å²) in [5.74, 6) is 0. The predicted octanol–water partition coefficient (Wildman–Crippen LogP) is -1.23. The van der Waals surface area contributed by atoms with Crippen LogP contribution in [0.4, 0.5) is 0 Å². The van der Waals surface area contributed by atoms with Crippen LogP contribution in [-0.4, -0.2) is 0 Å². The van der Waals surface area contributed by atoms with Gasteiger partial charge in [0.1, 0.15) is 0 Å². The van der Waals surface area contributed by atoms with E-state index >= 15 is 0 Å². The van der Waals surface area contributed by atoms with Crippen molar-refractivity contribution in [2.45, 2.75) is 6.92 Å². The fraction of sp³-hybridized carbons (Fsp3) is 0.143. The van der Waals surface area contributed by atoms with Crippen molar-refractivity contribution in [2.75, 3.05) is 0 Å². The van der Waals surface area contributed by atoms with Crippen molar-refractivity contribution >= 4 is 14.5 Å². The van der Waals surface area contributed by atoms with Crippen LogP contribution in [-0.2, 0) is 0 Å². The molecule has 1 aromatic carbocycles. The van der Waals surface area contributed by atoms with E-state index in [0.29, 0.717) is 0 Å². The maximum Gasteiger partial charge on any atom is 1.00 e. The van der Waals surface area contributed by atoms with Gasteiger partial charge in [0.15, 0.2) is 0 Å². The maximum atomic E-state index is 3.44. The van der Waals surface area contributed by atoms with Gasteiger partial charge in [0.25, 0.3) is 0 Å². The van der Waals surface area contributed by atoms with Crippen LogP contribution in [0.3, 0.4) is 0 Å². The first kappa shape index (κ1) is 9.65. The standard InChI is InChI=1S/C7H8P.Na/c1-6-4-2-3-5-7(6)8;/h2-5,8H,1H3;/q-1;+1. The van der Waals surface area contributed by atoms with Crippen molar-refractivity contribution in [1.29, 1.82) is 0 Å². The summed E-state index contributed by atoms with van der Waals surface area (Å²) in [5, 5.41) is 1.17. The van der Waals surface area contributed by atoms with Crippen LogP contribution >= 0.6 is 9.24 Å². The minimum Gasteiger partial charge on any atom is -0.524 e. The van der Waals surface area contributed by atoms with Gasteiger partial charge in [-0.2, -0.15) is 0 Å². The van der Waals surface area contributed by atoms with Gasteiger partial charge in [0.2, 0.25) is 0 Å². The van der Waals surface area contributed by atoms with E-state index in [0.717, 1.165) is 0 Å². The molecule has 0 spiro atoms. The summed E-state index contributed by atoms with van der Waals surface area (Å²) in [4.78, 5) is 0. The number of hydrogen-bond acceptors (Lipinski definition) is 0. The van der Waals surface area contributed by atoms with E-state index in [1.807, 2.05) is 18.2 Å². The molecule has 0 heterocycles. The smallest absolute Gasteiger partial charge is 0.524 e. The van der Waals surface area contributed by atoms with E-state index in [4.69, 9.17) is 0 Å². The Labute approximate surface area is 80.5 Å². The van der Waals surface area contributed by atoms with Crippen molar-refractivity contribution in [3.8, 4) is 0 Å². The second-order valence-corrected chi connectivity index (χ2v) is 2.35. The number of aryl methyl sites for hydroxylation is 1. The molecule has 0 bridgehead atoms. The summed E-state index contributed by atoms with van der Waals surface area (Å²) in [5.41, 5.74) is 1.28. The number of rotatable bonds is 0. The quantitative estimate of drug-likeness (QED) is 0.317. The summed E-state index contributed by atoms with van der Waals surface area (Å²) < 4.78 is 0. The Morgan fingerprint density at radius 1 is 1.22 bits per heavy atom. The molecule has 0 aliphatic rings. The topological polar surface area (TPSA) is 0 Å². The van der Waals surface area contributed by atoms with Crippen molar-refractivity contribution in [3.63, 3.8) is 0 Å². The van der Waals surface area contributed by atoms with Crippen LogP contribution in [0.5, 0.6) is 0 Å². The molecule has 0 nitrogen and oxygen atoms in total. The van der Waals surface area contributed by atoms with Crippen molar-refractivity contribution in [3.05, 3.63) is 29.8 Å². The third-order valence-corrected chi connectivity index (χ3v) is 1.71. The van der Waals surface area contributed by atoms with Crippen molar-refractivity contribution < 1.29 is 29.6 Å². The zero-order valence-corrected chi connectivity index (χ0v) is 8.81. The second-order valence-electron chi connectivity index (χ2n) is 1.81. The average Bonchev–Trinajstić information content (AvgIpc) is 1.77. The van der Waals surface area contributed by atoms with Crippen LogP contribution in [0, 0.1) is 6.92 Å². The third kappa shape index (κ3) is 2.82. The first-order valence-corrected chi connectivity index (χ1v) is 3.08. The molecule has 42 valence electrons. The van der Waals surface area contributed by atoms with Crippen molar-refractivity contribution in [1.82, 2.24) is 0 Å². The molecule has 2 heteroatoms. The SMILES string of the molecule is Cc1ccccc1[PH-].[Na+]. The third-order valence-electron chi connectivity index (χ3n) is 1.15. The zero-order chi connectivity index (χ0) is 5.98. The molecule has 0 aromatic heterocycles. The number of hydrogen-bond donors (Lipinski definition) is 0. The molecule has 0 amide bonds. The second kappa shape index (κ2) is 4.46. The van der Waals surface area contributed by atoms with Crippen LogP contribution in [0.25, 0.3) is 0 Å². The van der Waals surface area contributed by atoms with E-state index in [-0.39, 0.29) is 29.6 Å². The van der Waals surface area contributed by atoms with E-state index in [9.17, 15) is 0 Å². The molecule has 0 atom stereocenters. The minimum absolute atomic E-state index is 0. The predicted molar refractivity (Wildman–Crippen MR) is 39.1 cm³/mol. The van der Waals surface area contributed by atoms with Crippen LogP contribution in [0.1, 0.15) is 5.56 Å². The molecular formula is C7H8NaP. The summed E-state index contributed by atoms with van der Waals surface area (Å²) in [6, 6.07) is 8.14. The summed E-state index contributed by atoms with van der Waals surface area (Å²) in [7, 11) is 3.44. The number of benzene rings is 1. The molecule has 0 aliphatic heterocycles. The molecule has 0 unspecified atom stereocenters. The van der Waals surface area contributed by atoms with Crippen molar-refractivity contribution in [2.24, 2.45) is 0 Å². The molecular weight excluding hydrogens is 138 g/mol. The normalized spacial score (nSPS) is 8.22. The molecule has 9 heavy (non-hydrogen) atoms. The average molecular weight is 146 g/mol. The maximum absolute atomic E-state index is 3.44. The molecule has 0 saturated carbocycles. The molecule has 0 radical (unpaired) electrons. The zero-order valence-electron chi connectivity index (χ0n) is 5.81. The summed E-state index contributed by atoms with van der Waals surface area (Å²) >= 11 is 0. The first-order valence-electron chi connectivity index (χ1n) is 2.58. The molecule has 1 aromatic rings. The van der Waals surface area contributed by atoms with E-state index in [1.165, 1.54) is 10.9 Å². The largest absolute Gasteiger partial charge is 1.00 e. The van der Waals surface area contributed by atoms with Gasteiger partial charge in [-0.15, -0.1) is 0 Å². The summed E-state index contributed by atoms with van der Waals surface area (Å²) in [6.07, 6.45) is 0. The fourth-order valence-electron chi connectivity index (χ4n) is 0.573. The Hall–Kier alpha value is 0.650. The molecule has 1 rings (SSSR count). The van der Waals surface area contributed by atoms with E-state index in [2.05, 4.69) is 22.2 Å². The monoisotopic (exact) mass is 146 g/mol. The molecule has 0 N–H and O–H groups in total. The Bertz CT molecular complexity index is 165. The van der Waals surface area contributed by atoms with Gasteiger partial charge in [0, 0.05) is 0 Å². The van der Waals surface area contributed by atoms with Crippen LogP contribution in [0.15, 0.2) is 24.3 Å². The minimum atomic E-state index is 0. The van der Waals surface area contributed by atoms with Gasteiger partial charge in [-0.3, -0.25) is 0 Å². The van der Waals surface area contributed by atoms with Crippen LogP contribution < -0.4 is 34.9 Å². The first-order chi connectivity index (χ1) is 3.80. The van der Waals surface area contributed by atoms with Crippen LogP contribution in [0.2, 0.25) is 0 Å². The van der Waals surface area contributed by atoms with Gasteiger partial charge in [-0.25, -0.2) is 5.30 Å². The van der Waals surface area contributed by atoms with Gasteiger partial charge in [0.05, 0.1) is 0 Å². The Kier molecular flexibility index (Phi) is 4.79. The Morgan fingerprint density at radius 2 is 1.78 bits per heavy atom. The van der Waals surface area contributed by atoms with Gasteiger partial charge in [-0.05, 0) is 6.92 Å². The fourth-order valence-corrected chi connectivity index (χ4v) is 0.752. The molecule has 0 aliphatic carbocycles. The van der Waals surface area contributed by atoms with Gasteiger partial charge < -0.3 is 9.24 Å². The summed E-state index contributed by atoms with van der Waals surface area (Å²) in [6.45, 7) is 2.07. The molecule has 0 saturated heterocycles.